The maximum absolute atomic E-state index is 14.2. The van der Waals surface area contributed by atoms with Crippen LogP contribution < -0.4 is 26.0 Å². The monoisotopic (exact) mass is 743 g/mol. The molecule has 282 valence electrons. The number of aliphatic hydroxyl groups excluding tert-OH is 2. The van der Waals surface area contributed by atoms with Gasteiger partial charge in [0.1, 0.15) is 24.2 Å². The summed E-state index contributed by atoms with van der Waals surface area (Å²) in [5.74, 6) is -0.738. The van der Waals surface area contributed by atoms with Crippen molar-refractivity contribution in [2.24, 2.45) is 12.5 Å². The minimum atomic E-state index is -1.45. The Bertz CT molecular complexity index is 1830. The molecule has 5 rings (SSSR count). The highest BCUT2D eigenvalue weighted by atomic mass is 32.2. The average molecular weight is 744 g/mol. The van der Waals surface area contributed by atoms with E-state index < -0.39 is 53.6 Å². The van der Waals surface area contributed by atoms with E-state index in [9.17, 15) is 24.6 Å². The third-order valence-electron chi connectivity index (χ3n) is 9.28. The fourth-order valence-electron chi connectivity index (χ4n) is 6.37. The zero-order valence-electron chi connectivity index (χ0n) is 30.7. The molecule has 14 heteroatoms. The van der Waals surface area contributed by atoms with Crippen molar-refractivity contribution in [2.75, 3.05) is 12.9 Å². The number of nitrogens with one attached hydrogen (secondary N) is 4. The molecular formula is C39H49N7O6S. The molecule has 2 unspecified atom stereocenters. The van der Waals surface area contributed by atoms with Crippen molar-refractivity contribution in [1.82, 2.24) is 36.0 Å². The van der Waals surface area contributed by atoms with Crippen LogP contribution >= 0.6 is 11.8 Å². The molecule has 1 aromatic heterocycles. The highest BCUT2D eigenvalue weighted by Crippen LogP contribution is 2.31. The molecule has 0 bridgehead atoms. The van der Waals surface area contributed by atoms with Gasteiger partial charge in [-0.15, -0.1) is 10.2 Å². The predicted molar refractivity (Wildman–Crippen MR) is 202 cm³/mol. The highest BCUT2D eigenvalue weighted by Gasteiger charge is 2.40. The van der Waals surface area contributed by atoms with E-state index in [1.807, 2.05) is 87.5 Å². The Labute approximate surface area is 314 Å². The van der Waals surface area contributed by atoms with Crippen molar-refractivity contribution in [3.8, 4) is 5.75 Å². The number of methoxy groups -OCH3 is 1. The molecule has 1 heterocycles. The summed E-state index contributed by atoms with van der Waals surface area (Å²) in [5.41, 5.74) is 2.69. The number of nitrogens with zero attached hydrogens (tertiary/aromatic N) is 3. The van der Waals surface area contributed by atoms with E-state index in [0.717, 1.165) is 22.3 Å². The van der Waals surface area contributed by atoms with E-state index >= 15 is 0 Å². The van der Waals surface area contributed by atoms with Crippen LogP contribution in [0.1, 0.15) is 49.1 Å². The molecule has 4 aromatic rings. The largest absolute Gasteiger partial charge is 0.497 e. The lowest BCUT2D eigenvalue weighted by atomic mass is 9.85. The van der Waals surface area contributed by atoms with E-state index in [2.05, 4.69) is 31.5 Å². The topological polar surface area (TPSA) is 180 Å². The van der Waals surface area contributed by atoms with Crippen molar-refractivity contribution >= 4 is 29.5 Å². The van der Waals surface area contributed by atoms with E-state index in [0.29, 0.717) is 17.3 Å². The third-order valence-corrected chi connectivity index (χ3v) is 10.3. The summed E-state index contributed by atoms with van der Waals surface area (Å²) in [6.45, 7) is 5.73. The molecule has 13 nitrogen and oxygen atoms in total. The Morgan fingerprint density at radius 2 is 1.66 bits per heavy atom. The minimum absolute atomic E-state index is 0.0101. The molecule has 0 aliphatic heterocycles. The second kappa shape index (κ2) is 17.8. The molecule has 1 aliphatic carbocycles. The van der Waals surface area contributed by atoms with Crippen LogP contribution in [0.3, 0.4) is 0 Å². The van der Waals surface area contributed by atoms with Crippen LogP contribution in [0, 0.1) is 5.41 Å². The first kappa shape index (κ1) is 39.4. The quantitative estimate of drug-likeness (QED) is 0.0935. The third kappa shape index (κ3) is 10.4. The predicted octanol–water partition coefficient (Wildman–Crippen LogP) is 2.47. The van der Waals surface area contributed by atoms with Gasteiger partial charge in [-0.05, 0) is 46.2 Å². The van der Waals surface area contributed by atoms with Crippen LogP contribution in [0.15, 0.2) is 90.3 Å². The zero-order valence-corrected chi connectivity index (χ0v) is 31.5. The molecule has 0 saturated heterocycles. The number of carbonyl (C=O) groups is 3. The summed E-state index contributed by atoms with van der Waals surface area (Å²) in [7, 11) is 3.35. The SMILES string of the molecule is COc1ccc(CN[C@@H](C(=O)NC2c3ccccc3CC2O)[C@@H](O)[C@H](Cc2ccccc2)NC(=O)[C@@H](NC(=O)CSc2nncn2C)C(C)(C)C)cc1. The number of rotatable bonds is 16. The summed E-state index contributed by atoms with van der Waals surface area (Å²) in [4.78, 5) is 41.6. The van der Waals surface area contributed by atoms with E-state index in [1.54, 1.807) is 30.9 Å². The molecule has 53 heavy (non-hydrogen) atoms. The van der Waals surface area contributed by atoms with Gasteiger partial charge in [0.25, 0.3) is 0 Å². The number of carbonyl (C=O) groups excluding carboxylic acids is 3. The second-order valence-electron chi connectivity index (χ2n) is 14.3. The zero-order chi connectivity index (χ0) is 38.1. The van der Waals surface area contributed by atoms with Gasteiger partial charge in [-0.25, -0.2) is 0 Å². The maximum Gasteiger partial charge on any atom is 0.243 e. The fourth-order valence-corrected chi connectivity index (χ4v) is 7.06. The Morgan fingerprint density at radius 1 is 0.962 bits per heavy atom. The highest BCUT2D eigenvalue weighted by molar-refractivity contribution is 7.99. The van der Waals surface area contributed by atoms with Crippen molar-refractivity contribution in [3.05, 3.63) is 107 Å². The number of thioether (sulfide) groups is 1. The molecule has 6 N–H and O–H groups in total. The van der Waals surface area contributed by atoms with E-state index in [1.165, 1.54) is 18.1 Å². The van der Waals surface area contributed by atoms with Gasteiger partial charge in [0.05, 0.1) is 37.2 Å². The molecule has 0 fully saturated rings. The van der Waals surface area contributed by atoms with Crippen molar-refractivity contribution in [2.45, 2.75) is 81.7 Å². The maximum atomic E-state index is 14.2. The Balaban J connectivity index is 1.40. The molecular weight excluding hydrogens is 695 g/mol. The van der Waals surface area contributed by atoms with Crippen molar-refractivity contribution in [1.29, 1.82) is 0 Å². The molecule has 1 aliphatic rings. The number of aryl methyl sites for hydroxylation is 1. The normalized spacial score (nSPS) is 17.6. The Hall–Kier alpha value is -4.76. The minimum Gasteiger partial charge on any atom is -0.497 e. The molecule has 0 spiro atoms. The number of amides is 3. The van der Waals surface area contributed by atoms with Crippen LogP contribution in [0.4, 0.5) is 0 Å². The summed E-state index contributed by atoms with van der Waals surface area (Å²) >= 11 is 1.20. The lowest BCUT2D eigenvalue weighted by molar-refractivity contribution is -0.133. The Morgan fingerprint density at radius 3 is 2.32 bits per heavy atom. The van der Waals surface area contributed by atoms with Crippen molar-refractivity contribution < 1.29 is 29.3 Å². The van der Waals surface area contributed by atoms with Gasteiger partial charge in [0, 0.05) is 20.0 Å². The molecule has 0 radical (unpaired) electrons. The number of benzene rings is 3. The van der Waals surface area contributed by atoms with Crippen molar-refractivity contribution in [3.63, 3.8) is 0 Å². The lowest BCUT2D eigenvalue weighted by Crippen LogP contribution is -2.62. The first-order valence-electron chi connectivity index (χ1n) is 17.5. The standard InChI is InChI=1S/C39H49N7O6S/c1-39(2,3)35(43-31(48)22-53-38-45-41-23-46(38)4)37(51)42-29(19-24-11-7-6-8-12-24)34(49)33(40-21-25-15-17-27(52-5)18-16-25)36(50)44-32-28-14-10-9-13-26(28)20-30(32)47/h6-18,23,29-30,32-35,40,47,49H,19-22H2,1-5H3,(H,42,51)(H,43,48)(H,44,50)/t29-,30?,32?,33+,34-,35+/m0/s1. The average Bonchev–Trinajstić information content (AvgIpc) is 3.70. The van der Waals surface area contributed by atoms with Gasteiger partial charge in [-0.3, -0.25) is 19.7 Å². The van der Waals surface area contributed by atoms with Gasteiger partial charge < -0.3 is 35.5 Å². The number of aromatic nitrogens is 3. The van der Waals surface area contributed by atoms with Crippen LogP contribution in [-0.2, 0) is 40.8 Å². The molecule has 3 amide bonds. The number of aliphatic hydroxyl groups is 2. The van der Waals surface area contributed by atoms with Crippen LogP contribution in [-0.4, -0.2) is 85.9 Å². The van der Waals surface area contributed by atoms with Gasteiger partial charge in [-0.1, -0.05) is 99.3 Å². The number of ether oxygens (including phenoxy) is 1. The van der Waals surface area contributed by atoms with E-state index in [4.69, 9.17) is 4.74 Å². The van der Waals surface area contributed by atoms with Crippen LogP contribution in [0.5, 0.6) is 5.75 Å². The number of fused-ring (bicyclic) bond motifs is 1. The van der Waals surface area contributed by atoms with Crippen LogP contribution in [0.2, 0.25) is 0 Å². The first-order chi connectivity index (χ1) is 25.3. The van der Waals surface area contributed by atoms with Crippen LogP contribution in [0.25, 0.3) is 0 Å². The van der Waals surface area contributed by atoms with Gasteiger partial charge in [-0.2, -0.15) is 0 Å². The summed E-state index contributed by atoms with van der Waals surface area (Å²) in [5, 5.41) is 43.6. The Kier molecular flexibility index (Phi) is 13.3. The summed E-state index contributed by atoms with van der Waals surface area (Å²) < 4.78 is 6.99. The first-order valence-corrected chi connectivity index (χ1v) is 18.5. The molecule has 6 atom stereocenters. The molecule has 3 aromatic carbocycles. The van der Waals surface area contributed by atoms with Gasteiger partial charge in [0.15, 0.2) is 5.16 Å². The molecule has 0 saturated carbocycles. The van der Waals surface area contributed by atoms with Gasteiger partial charge in [0.2, 0.25) is 17.7 Å². The fraction of sp³-hybridized carbons (Fsp3) is 0.410. The lowest BCUT2D eigenvalue weighted by Gasteiger charge is -2.35. The second-order valence-corrected chi connectivity index (χ2v) is 15.3. The smallest absolute Gasteiger partial charge is 0.243 e. The van der Waals surface area contributed by atoms with Gasteiger partial charge >= 0.3 is 0 Å². The summed E-state index contributed by atoms with van der Waals surface area (Å²) in [6.07, 6.45) is -0.189. The number of hydrogen-bond acceptors (Lipinski definition) is 10. The van der Waals surface area contributed by atoms with E-state index in [-0.39, 0.29) is 24.6 Å². The summed E-state index contributed by atoms with van der Waals surface area (Å²) in [6, 6.07) is 20.3. The number of hydrogen-bond donors (Lipinski definition) is 6.